The van der Waals surface area contributed by atoms with Crippen LogP contribution in [0.3, 0.4) is 0 Å². The molecule has 2 heterocycles. The SMILES string of the molecule is CC1=CC(=O)N(c2ccc3c(c2)CNCC3)C1=O. The minimum Gasteiger partial charge on any atom is -0.312 e. The van der Waals surface area contributed by atoms with Crippen molar-refractivity contribution in [2.24, 2.45) is 0 Å². The van der Waals surface area contributed by atoms with Crippen molar-refractivity contribution < 1.29 is 9.59 Å². The fourth-order valence-corrected chi connectivity index (χ4v) is 2.44. The number of carbonyl (C=O) groups is 2. The molecule has 1 aromatic rings. The summed E-state index contributed by atoms with van der Waals surface area (Å²) in [5.74, 6) is -0.468. The number of benzene rings is 1. The molecule has 4 nitrogen and oxygen atoms in total. The molecule has 0 aliphatic carbocycles. The molecule has 0 fully saturated rings. The lowest BCUT2D eigenvalue weighted by Gasteiger charge is -2.21. The number of fused-ring (bicyclic) bond motifs is 1. The second-order valence-corrected chi connectivity index (χ2v) is 4.69. The Balaban J connectivity index is 1.99. The number of anilines is 1. The quantitative estimate of drug-likeness (QED) is 0.752. The van der Waals surface area contributed by atoms with Gasteiger partial charge in [-0.05, 0) is 43.1 Å². The van der Waals surface area contributed by atoms with Gasteiger partial charge < -0.3 is 5.32 Å². The second kappa shape index (κ2) is 4.07. The van der Waals surface area contributed by atoms with E-state index in [0.717, 1.165) is 19.5 Å². The van der Waals surface area contributed by atoms with Gasteiger partial charge in [0.2, 0.25) is 0 Å². The molecule has 4 heteroatoms. The summed E-state index contributed by atoms with van der Waals surface area (Å²) in [6.45, 7) is 3.45. The van der Waals surface area contributed by atoms with Crippen LogP contribution in [0.4, 0.5) is 5.69 Å². The largest absolute Gasteiger partial charge is 0.312 e. The minimum atomic E-state index is -0.249. The number of hydrogen-bond donors (Lipinski definition) is 1. The molecule has 0 aromatic heterocycles. The molecular weight excluding hydrogens is 228 g/mol. The molecule has 0 spiro atoms. The topological polar surface area (TPSA) is 49.4 Å². The van der Waals surface area contributed by atoms with Crippen LogP contribution in [0.1, 0.15) is 18.1 Å². The zero-order valence-electron chi connectivity index (χ0n) is 10.2. The van der Waals surface area contributed by atoms with Gasteiger partial charge >= 0.3 is 0 Å². The third-order valence-corrected chi connectivity index (χ3v) is 3.44. The van der Waals surface area contributed by atoms with Crippen LogP contribution < -0.4 is 10.2 Å². The third kappa shape index (κ3) is 1.66. The lowest BCUT2D eigenvalue weighted by Crippen LogP contribution is -2.31. The first kappa shape index (κ1) is 11.2. The summed E-state index contributed by atoms with van der Waals surface area (Å²) in [6, 6.07) is 5.80. The minimum absolute atomic E-state index is 0.219. The van der Waals surface area contributed by atoms with Crippen LogP contribution in [0.25, 0.3) is 0 Å². The molecule has 0 atom stereocenters. The van der Waals surface area contributed by atoms with Gasteiger partial charge in [0.25, 0.3) is 11.8 Å². The number of amides is 2. The van der Waals surface area contributed by atoms with E-state index in [2.05, 4.69) is 5.32 Å². The van der Waals surface area contributed by atoms with E-state index in [-0.39, 0.29) is 11.8 Å². The third-order valence-electron chi connectivity index (χ3n) is 3.44. The van der Waals surface area contributed by atoms with Gasteiger partial charge in [0.15, 0.2) is 0 Å². The van der Waals surface area contributed by atoms with Crippen LogP contribution in [0.2, 0.25) is 0 Å². The van der Waals surface area contributed by atoms with Crippen molar-refractivity contribution in [3.8, 4) is 0 Å². The first-order valence-corrected chi connectivity index (χ1v) is 6.06. The Kier molecular flexibility index (Phi) is 2.52. The Morgan fingerprint density at radius 3 is 2.78 bits per heavy atom. The number of nitrogens with one attached hydrogen (secondary N) is 1. The van der Waals surface area contributed by atoms with Crippen LogP contribution in [0, 0.1) is 0 Å². The van der Waals surface area contributed by atoms with Crippen molar-refractivity contribution in [1.29, 1.82) is 0 Å². The summed E-state index contributed by atoms with van der Waals surface area (Å²) in [4.78, 5) is 24.9. The normalized spacial score (nSPS) is 18.9. The average molecular weight is 242 g/mol. The molecule has 0 saturated heterocycles. The Bertz CT molecular complexity index is 575. The summed E-state index contributed by atoms with van der Waals surface area (Å²) >= 11 is 0. The lowest BCUT2D eigenvalue weighted by molar-refractivity contribution is -0.120. The smallest absolute Gasteiger partial charge is 0.261 e. The highest BCUT2D eigenvalue weighted by Crippen LogP contribution is 2.26. The Labute approximate surface area is 105 Å². The summed E-state index contributed by atoms with van der Waals surface area (Å²) in [7, 11) is 0. The molecule has 18 heavy (non-hydrogen) atoms. The fraction of sp³-hybridized carbons (Fsp3) is 0.286. The Morgan fingerprint density at radius 1 is 1.22 bits per heavy atom. The summed E-state index contributed by atoms with van der Waals surface area (Å²) < 4.78 is 0. The molecule has 92 valence electrons. The maximum Gasteiger partial charge on any atom is 0.261 e. The van der Waals surface area contributed by atoms with E-state index in [1.165, 1.54) is 22.1 Å². The van der Waals surface area contributed by atoms with Gasteiger partial charge in [-0.15, -0.1) is 0 Å². The molecule has 1 N–H and O–H groups in total. The van der Waals surface area contributed by atoms with Crippen LogP contribution in [0.15, 0.2) is 29.8 Å². The Hall–Kier alpha value is -1.94. The second-order valence-electron chi connectivity index (χ2n) is 4.69. The van der Waals surface area contributed by atoms with Gasteiger partial charge in [0.05, 0.1) is 5.69 Å². The van der Waals surface area contributed by atoms with Crippen molar-refractivity contribution in [2.75, 3.05) is 11.4 Å². The van der Waals surface area contributed by atoms with Crippen molar-refractivity contribution in [3.63, 3.8) is 0 Å². The molecule has 0 unspecified atom stereocenters. The predicted molar refractivity (Wildman–Crippen MR) is 68.1 cm³/mol. The molecule has 2 aliphatic heterocycles. The maximum atomic E-state index is 11.9. The predicted octanol–water partition coefficient (Wildman–Crippen LogP) is 1.15. The highest BCUT2D eigenvalue weighted by atomic mass is 16.2. The molecular formula is C14H14N2O2. The van der Waals surface area contributed by atoms with Gasteiger partial charge in [-0.25, -0.2) is 4.90 Å². The zero-order chi connectivity index (χ0) is 12.7. The average Bonchev–Trinajstić information content (AvgIpc) is 2.63. The lowest BCUT2D eigenvalue weighted by atomic mass is 10.0. The highest BCUT2D eigenvalue weighted by molar-refractivity contribution is 6.30. The number of carbonyl (C=O) groups excluding carboxylic acids is 2. The van der Waals surface area contributed by atoms with Gasteiger partial charge in [0.1, 0.15) is 0 Å². The summed E-state index contributed by atoms with van der Waals surface area (Å²) in [6.07, 6.45) is 2.38. The van der Waals surface area contributed by atoms with Gasteiger partial charge in [0, 0.05) is 18.2 Å². The van der Waals surface area contributed by atoms with Crippen LogP contribution in [-0.4, -0.2) is 18.4 Å². The van der Waals surface area contributed by atoms with E-state index < -0.39 is 0 Å². The Morgan fingerprint density at radius 2 is 2.06 bits per heavy atom. The summed E-state index contributed by atoms with van der Waals surface area (Å²) in [5, 5.41) is 3.29. The molecule has 0 radical (unpaired) electrons. The molecule has 1 aromatic carbocycles. The molecule has 0 bridgehead atoms. The fourth-order valence-electron chi connectivity index (χ4n) is 2.44. The van der Waals surface area contributed by atoms with Crippen LogP contribution in [0.5, 0.6) is 0 Å². The van der Waals surface area contributed by atoms with Crippen LogP contribution >= 0.6 is 0 Å². The maximum absolute atomic E-state index is 11.9. The van der Waals surface area contributed by atoms with Gasteiger partial charge in [-0.3, -0.25) is 9.59 Å². The monoisotopic (exact) mass is 242 g/mol. The van der Waals surface area contributed by atoms with Crippen molar-refractivity contribution in [2.45, 2.75) is 19.9 Å². The van der Waals surface area contributed by atoms with E-state index in [1.54, 1.807) is 6.92 Å². The summed E-state index contributed by atoms with van der Waals surface area (Å²) in [5.41, 5.74) is 3.63. The molecule has 2 aliphatic rings. The van der Waals surface area contributed by atoms with E-state index in [9.17, 15) is 9.59 Å². The number of nitrogens with zero attached hydrogens (tertiary/aromatic N) is 1. The molecule has 3 rings (SSSR count). The van der Waals surface area contributed by atoms with E-state index in [1.807, 2.05) is 18.2 Å². The van der Waals surface area contributed by atoms with Crippen molar-refractivity contribution >= 4 is 17.5 Å². The number of hydrogen-bond acceptors (Lipinski definition) is 3. The first-order valence-electron chi connectivity index (χ1n) is 6.06. The van der Waals surface area contributed by atoms with Crippen molar-refractivity contribution in [3.05, 3.63) is 41.0 Å². The molecule has 2 amide bonds. The highest BCUT2D eigenvalue weighted by Gasteiger charge is 2.30. The van der Waals surface area contributed by atoms with Crippen LogP contribution in [-0.2, 0) is 22.6 Å². The van der Waals surface area contributed by atoms with E-state index >= 15 is 0 Å². The number of rotatable bonds is 1. The zero-order valence-corrected chi connectivity index (χ0v) is 10.2. The standard InChI is InChI=1S/C14H14N2O2/c1-9-6-13(17)16(14(9)18)12-3-2-10-4-5-15-8-11(10)7-12/h2-3,6-7,15H,4-5,8H2,1H3. The van der Waals surface area contributed by atoms with E-state index in [0.29, 0.717) is 11.3 Å². The number of imide groups is 1. The first-order chi connectivity index (χ1) is 8.66. The molecule has 0 saturated carbocycles. The van der Waals surface area contributed by atoms with Crippen molar-refractivity contribution in [1.82, 2.24) is 5.32 Å². The van der Waals surface area contributed by atoms with E-state index in [4.69, 9.17) is 0 Å². The van der Waals surface area contributed by atoms with Gasteiger partial charge in [-0.2, -0.15) is 0 Å². The van der Waals surface area contributed by atoms with Gasteiger partial charge in [-0.1, -0.05) is 6.07 Å².